The molecular formula is C22H19NO. The van der Waals surface area contributed by atoms with Crippen molar-refractivity contribution in [2.24, 2.45) is 0 Å². The van der Waals surface area contributed by atoms with Crippen LogP contribution in [0.4, 0.5) is 5.69 Å². The summed E-state index contributed by atoms with van der Waals surface area (Å²) in [5.41, 5.74) is 4.65. The molecule has 2 heteroatoms. The fraction of sp³-hybridized carbons (Fsp3) is 0.136. The molecule has 118 valence electrons. The number of nitrogens with zero attached hydrogens (tertiary/aromatic N) is 1. The number of fused-ring (bicyclic) bond motifs is 1. The Bertz CT molecular complexity index is 842. The van der Waals surface area contributed by atoms with Crippen LogP contribution in [-0.2, 0) is 11.3 Å². The predicted octanol–water partition coefficient (Wildman–Crippen LogP) is 4.76. The minimum absolute atomic E-state index is 0.114. The molecular weight excluding hydrogens is 294 g/mol. The third-order valence-electron chi connectivity index (χ3n) is 4.71. The maximum absolute atomic E-state index is 13.0. The van der Waals surface area contributed by atoms with E-state index in [2.05, 4.69) is 36.4 Å². The van der Waals surface area contributed by atoms with E-state index in [-0.39, 0.29) is 11.8 Å². The van der Waals surface area contributed by atoms with Crippen molar-refractivity contribution in [2.75, 3.05) is 4.90 Å². The smallest absolute Gasteiger partial charge is 0.228 e. The van der Waals surface area contributed by atoms with Gasteiger partial charge in [-0.05, 0) is 28.8 Å². The Morgan fingerprint density at radius 3 is 2.12 bits per heavy atom. The highest BCUT2D eigenvalue weighted by Gasteiger charge is 2.29. The summed E-state index contributed by atoms with van der Waals surface area (Å²) in [4.78, 5) is 14.9. The van der Waals surface area contributed by atoms with Gasteiger partial charge in [-0.15, -0.1) is 0 Å². The molecule has 24 heavy (non-hydrogen) atoms. The lowest BCUT2D eigenvalue weighted by Gasteiger charge is -2.21. The molecule has 1 atom stereocenters. The van der Waals surface area contributed by atoms with Gasteiger partial charge in [-0.25, -0.2) is 0 Å². The standard InChI is InChI=1S/C22H19NO/c24-22-15-21(17-9-3-1-4-10-17)20-14-8-7-11-18(20)16-23(22)19-12-5-2-6-13-19/h1-14,21H,15-16H2. The van der Waals surface area contributed by atoms with Crippen LogP contribution in [0.15, 0.2) is 84.9 Å². The molecule has 4 rings (SSSR count). The molecule has 0 radical (unpaired) electrons. The number of carbonyl (C=O) groups excluding carboxylic acids is 1. The first kappa shape index (κ1) is 14.7. The van der Waals surface area contributed by atoms with Crippen LogP contribution in [-0.4, -0.2) is 5.91 Å². The summed E-state index contributed by atoms with van der Waals surface area (Å²) in [6.45, 7) is 0.627. The molecule has 0 aliphatic carbocycles. The van der Waals surface area contributed by atoms with Gasteiger partial charge < -0.3 is 4.90 Å². The lowest BCUT2D eigenvalue weighted by atomic mass is 9.86. The molecule has 0 fully saturated rings. The molecule has 1 heterocycles. The Hall–Kier alpha value is -2.87. The highest BCUT2D eigenvalue weighted by Crippen LogP contribution is 2.35. The van der Waals surface area contributed by atoms with E-state index in [9.17, 15) is 4.79 Å². The van der Waals surface area contributed by atoms with E-state index in [0.717, 1.165) is 5.69 Å². The number of anilines is 1. The highest BCUT2D eigenvalue weighted by atomic mass is 16.2. The van der Waals surface area contributed by atoms with Crippen LogP contribution >= 0.6 is 0 Å². The molecule has 0 bridgehead atoms. The van der Waals surface area contributed by atoms with Gasteiger partial charge >= 0.3 is 0 Å². The van der Waals surface area contributed by atoms with Gasteiger partial charge in [0.25, 0.3) is 0 Å². The van der Waals surface area contributed by atoms with Gasteiger partial charge in [0.1, 0.15) is 0 Å². The Labute approximate surface area is 142 Å². The van der Waals surface area contributed by atoms with Crippen molar-refractivity contribution in [2.45, 2.75) is 18.9 Å². The molecule has 1 aliphatic heterocycles. The lowest BCUT2D eigenvalue weighted by molar-refractivity contribution is -0.118. The van der Waals surface area contributed by atoms with Gasteiger partial charge in [-0.2, -0.15) is 0 Å². The molecule has 3 aromatic carbocycles. The third kappa shape index (κ3) is 2.71. The summed E-state index contributed by atoms with van der Waals surface area (Å²) in [6, 6.07) is 28.7. The minimum Gasteiger partial charge on any atom is -0.308 e. The predicted molar refractivity (Wildman–Crippen MR) is 97.0 cm³/mol. The first-order valence-electron chi connectivity index (χ1n) is 8.31. The van der Waals surface area contributed by atoms with E-state index in [0.29, 0.717) is 13.0 Å². The maximum atomic E-state index is 13.0. The average molecular weight is 313 g/mol. The Kier molecular flexibility index (Phi) is 3.87. The second-order valence-electron chi connectivity index (χ2n) is 6.18. The number of amides is 1. The third-order valence-corrected chi connectivity index (χ3v) is 4.71. The number of rotatable bonds is 2. The SMILES string of the molecule is O=C1CC(c2ccccc2)c2ccccc2CN1c1ccccc1. The van der Waals surface area contributed by atoms with Crippen molar-refractivity contribution < 1.29 is 4.79 Å². The molecule has 0 N–H and O–H groups in total. The molecule has 1 unspecified atom stereocenters. The normalized spacial score (nSPS) is 17.2. The van der Waals surface area contributed by atoms with Gasteiger partial charge in [0.15, 0.2) is 0 Å². The lowest BCUT2D eigenvalue weighted by Crippen LogP contribution is -2.29. The number of hydrogen-bond acceptors (Lipinski definition) is 1. The van der Waals surface area contributed by atoms with Gasteiger partial charge in [-0.1, -0.05) is 72.8 Å². The van der Waals surface area contributed by atoms with Crippen molar-refractivity contribution in [3.8, 4) is 0 Å². The van der Waals surface area contributed by atoms with E-state index >= 15 is 0 Å². The molecule has 1 aliphatic rings. The van der Waals surface area contributed by atoms with Gasteiger partial charge in [-0.3, -0.25) is 4.79 Å². The zero-order chi connectivity index (χ0) is 16.4. The van der Waals surface area contributed by atoms with Crippen LogP contribution in [0.5, 0.6) is 0 Å². The van der Waals surface area contributed by atoms with Crippen molar-refractivity contribution >= 4 is 11.6 Å². The van der Waals surface area contributed by atoms with E-state index in [1.54, 1.807) is 0 Å². The summed E-state index contributed by atoms with van der Waals surface area (Å²) < 4.78 is 0. The zero-order valence-electron chi connectivity index (χ0n) is 13.4. The zero-order valence-corrected chi connectivity index (χ0v) is 13.4. The summed E-state index contributed by atoms with van der Waals surface area (Å²) in [6.07, 6.45) is 0.496. The molecule has 0 spiro atoms. The van der Waals surface area contributed by atoms with Gasteiger partial charge in [0.2, 0.25) is 5.91 Å². The van der Waals surface area contributed by atoms with Crippen molar-refractivity contribution in [1.82, 2.24) is 0 Å². The number of hydrogen-bond donors (Lipinski definition) is 0. The second-order valence-corrected chi connectivity index (χ2v) is 6.18. The van der Waals surface area contributed by atoms with Crippen LogP contribution in [0.25, 0.3) is 0 Å². The van der Waals surface area contributed by atoms with E-state index in [1.807, 2.05) is 53.4 Å². The Morgan fingerprint density at radius 1 is 0.750 bits per heavy atom. The Balaban J connectivity index is 1.80. The number of benzene rings is 3. The second kappa shape index (κ2) is 6.32. The van der Waals surface area contributed by atoms with E-state index in [1.165, 1.54) is 16.7 Å². The van der Waals surface area contributed by atoms with Crippen LogP contribution in [0, 0.1) is 0 Å². The van der Waals surface area contributed by atoms with Crippen molar-refractivity contribution in [3.05, 3.63) is 102 Å². The molecule has 3 aromatic rings. The molecule has 0 saturated heterocycles. The van der Waals surface area contributed by atoms with Gasteiger partial charge in [0.05, 0.1) is 6.54 Å². The first-order valence-corrected chi connectivity index (χ1v) is 8.31. The molecule has 0 aromatic heterocycles. The average Bonchev–Trinajstić information content (AvgIpc) is 2.80. The summed E-state index contributed by atoms with van der Waals surface area (Å²) in [5, 5.41) is 0. The highest BCUT2D eigenvalue weighted by molar-refractivity contribution is 5.94. The molecule has 2 nitrogen and oxygen atoms in total. The number of carbonyl (C=O) groups is 1. The topological polar surface area (TPSA) is 20.3 Å². The van der Waals surface area contributed by atoms with Crippen LogP contribution < -0.4 is 4.90 Å². The summed E-state index contributed by atoms with van der Waals surface area (Å²) >= 11 is 0. The fourth-order valence-electron chi connectivity index (χ4n) is 3.50. The van der Waals surface area contributed by atoms with Gasteiger partial charge in [0, 0.05) is 18.0 Å². The van der Waals surface area contributed by atoms with Crippen LogP contribution in [0.2, 0.25) is 0 Å². The molecule has 0 saturated carbocycles. The van der Waals surface area contributed by atoms with Crippen LogP contribution in [0.3, 0.4) is 0 Å². The largest absolute Gasteiger partial charge is 0.308 e. The first-order chi connectivity index (χ1) is 11.8. The van der Waals surface area contributed by atoms with Crippen molar-refractivity contribution in [1.29, 1.82) is 0 Å². The number of para-hydroxylation sites is 1. The summed E-state index contributed by atoms with van der Waals surface area (Å²) in [5.74, 6) is 0.287. The van der Waals surface area contributed by atoms with Crippen molar-refractivity contribution in [3.63, 3.8) is 0 Å². The Morgan fingerprint density at radius 2 is 1.38 bits per heavy atom. The van der Waals surface area contributed by atoms with Crippen LogP contribution in [0.1, 0.15) is 29.0 Å². The monoisotopic (exact) mass is 313 g/mol. The summed E-state index contributed by atoms with van der Waals surface area (Å²) in [7, 11) is 0. The van der Waals surface area contributed by atoms with E-state index in [4.69, 9.17) is 0 Å². The quantitative estimate of drug-likeness (QED) is 0.668. The van der Waals surface area contributed by atoms with E-state index < -0.39 is 0 Å². The fourth-order valence-corrected chi connectivity index (χ4v) is 3.50. The maximum Gasteiger partial charge on any atom is 0.228 e. The molecule has 1 amide bonds. The minimum atomic E-state index is 0.114.